The van der Waals surface area contributed by atoms with Gasteiger partial charge in [-0.1, -0.05) is 30.3 Å². The molecule has 1 heterocycles. The van der Waals surface area contributed by atoms with Crippen LogP contribution < -0.4 is 5.32 Å². The summed E-state index contributed by atoms with van der Waals surface area (Å²) in [7, 11) is 2.00. The Morgan fingerprint density at radius 1 is 1.25 bits per heavy atom. The third-order valence-electron chi connectivity index (χ3n) is 3.94. The van der Waals surface area contributed by atoms with Crippen LogP contribution in [-0.4, -0.2) is 18.8 Å². The number of rotatable bonds is 4. The fraction of sp³-hybridized carbons (Fsp3) is 0.294. The lowest BCUT2D eigenvalue weighted by molar-refractivity contribution is 0.487. The highest BCUT2D eigenvalue weighted by Gasteiger charge is 2.29. The van der Waals surface area contributed by atoms with Crippen molar-refractivity contribution in [2.24, 2.45) is 0 Å². The van der Waals surface area contributed by atoms with Crippen molar-refractivity contribution in [3.63, 3.8) is 0 Å². The molecule has 0 saturated heterocycles. The lowest BCUT2D eigenvalue weighted by atomic mass is 9.89. The number of halogens is 1. The summed E-state index contributed by atoms with van der Waals surface area (Å²) >= 11 is 1.92. The monoisotopic (exact) mass is 287 g/mol. The molecule has 0 amide bonds. The lowest BCUT2D eigenvalue weighted by Gasteiger charge is -2.23. The molecule has 1 aliphatic rings. The molecule has 1 nitrogen and oxygen atoms in total. The summed E-state index contributed by atoms with van der Waals surface area (Å²) < 4.78 is 13.3. The molecular formula is C17H18FNS. The molecule has 20 heavy (non-hydrogen) atoms. The van der Waals surface area contributed by atoms with Gasteiger partial charge in [-0.15, -0.1) is 11.8 Å². The van der Waals surface area contributed by atoms with E-state index < -0.39 is 0 Å². The molecule has 2 unspecified atom stereocenters. The second-order valence-electron chi connectivity index (χ2n) is 5.18. The van der Waals surface area contributed by atoms with E-state index in [4.69, 9.17) is 0 Å². The van der Waals surface area contributed by atoms with E-state index in [0.717, 1.165) is 17.7 Å². The van der Waals surface area contributed by atoms with E-state index in [1.54, 1.807) is 12.1 Å². The molecule has 1 N–H and O–H groups in total. The fourth-order valence-electron chi connectivity index (χ4n) is 2.88. The summed E-state index contributed by atoms with van der Waals surface area (Å²) in [5, 5.41) is 3.42. The minimum atomic E-state index is -0.154. The first-order chi connectivity index (χ1) is 9.78. The van der Waals surface area contributed by atoms with Crippen molar-refractivity contribution in [3.05, 3.63) is 65.5 Å². The number of thioether (sulfide) groups is 1. The maximum Gasteiger partial charge on any atom is 0.123 e. The maximum atomic E-state index is 13.3. The van der Waals surface area contributed by atoms with Crippen LogP contribution in [0.5, 0.6) is 0 Å². The van der Waals surface area contributed by atoms with Gasteiger partial charge in [-0.2, -0.15) is 0 Å². The van der Waals surface area contributed by atoms with Crippen molar-refractivity contribution in [2.75, 3.05) is 12.8 Å². The van der Waals surface area contributed by atoms with Gasteiger partial charge in [-0.25, -0.2) is 4.39 Å². The van der Waals surface area contributed by atoms with Gasteiger partial charge in [0, 0.05) is 22.6 Å². The normalized spacial score (nSPS) is 18.8. The van der Waals surface area contributed by atoms with E-state index in [1.807, 2.05) is 24.9 Å². The van der Waals surface area contributed by atoms with Gasteiger partial charge in [0.25, 0.3) is 0 Å². The zero-order valence-corrected chi connectivity index (χ0v) is 12.3. The van der Waals surface area contributed by atoms with Crippen LogP contribution in [0.3, 0.4) is 0 Å². The number of fused-ring (bicyclic) bond motifs is 1. The van der Waals surface area contributed by atoms with E-state index in [2.05, 4.69) is 29.6 Å². The minimum Gasteiger partial charge on any atom is -0.316 e. The highest BCUT2D eigenvalue weighted by atomic mass is 32.2. The zero-order chi connectivity index (χ0) is 13.9. The standard InChI is InChI=1S/C17H18FNS/c1-19-16(10-12-5-4-6-13(18)9-12)15-11-20-17-8-3-2-7-14(15)17/h2-9,15-16,19H,10-11H2,1H3. The molecule has 104 valence electrons. The van der Waals surface area contributed by atoms with Crippen LogP contribution in [0.1, 0.15) is 17.0 Å². The van der Waals surface area contributed by atoms with Gasteiger partial charge in [0.2, 0.25) is 0 Å². The van der Waals surface area contributed by atoms with E-state index in [1.165, 1.54) is 16.5 Å². The van der Waals surface area contributed by atoms with Crippen molar-refractivity contribution in [2.45, 2.75) is 23.3 Å². The predicted molar refractivity (Wildman–Crippen MR) is 82.9 cm³/mol. The lowest BCUT2D eigenvalue weighted by Crippen LogP contribution is -2.34. The van der Waals surface area contributed by atoms with Crippen molar-refractivity contribution >= 4 is 11.8 Å². The predicted octanol–water partition coefficient (Wildman–Crippen LogP) is 3.85. The Labute approximate surface area is 123 Å². The van der Waals surface area contributed by atoms with Crippen molar-refractivity contribution in [1.82, 2.24) is 5.32 Å². The van der Waals surface area contributed by atoms with Gasteiger partial charge in [0.05, 0.1) is 0 Å². The second kappa shape index (κ2) is 5.98. The van der Waals surface area contributed by atoms with Gasteiger partial charge in [-0.3, -0.25) is 0 Å². The molecule has 0 bridgehead atoms. The molecule has 3 rings (SSSR count). The van der Waals surface area contributed by atoms with E-state index in [9.17, 15) is 4.39 Å². The minimum absolute atomic E-state index is 0.154. The third kappa shape index (κ3) is 2.74. The molecule has 0 spiro atoms. The average molecular weight is 287 g/mol. The molecule has 2 aromatic carbocycles. The number of hydrogen-bond acceptors (Lipinski definition) is 2. The van der Waals surface area contributed by atoms with Gasteiger partial charge in [0.1, 0.15) is 5.82 Å². The SMILES string of the molecule is CNC(Cc1cccc(F)c1)C1CSc2ccccc21. The Hall–Kier alpha value is -1.32. The summed E-state index contributed by atoms with van der Waals surface area (Å²) in [6.07, 6.45) is 0.855. The molecule has 2 atom stereocenters. The fourth-order valence-corrected chi connectivity index (χ4v) is 4.22. The van der Waals surface area contributed by atoms with Crippen LogP contribution in [0.2, 0.25) is 0 Å². The van der Waals surface area contributed by atoms with E-state index in [-0.39, 0.29) is 5.82 Å². The Morgan fingerprint density at radius 2 is 2.10 bits per heavy atom. The average Bonchev–Trinajstić information content (AvgIpc) is 2.89. The van der Waals surface area contributed by atoms with Crippen LogP contribution in [0.4, 0.5) is 4.39 Å². The molecule has 0 saturated carbocycles. The molecule has 0 aromatic heterocycles. The van der Waals surface area contributed by atoms with Gasteiger partial charge in [0.15, 0.2) is 0 Å². The van der Waals surface area contributed by atoms with Crippen LogP contribution in [-0.2, 0) is 6.42 Å². The zero-order valence-electron chi connectivity index (χ0n) is 11.5. The van der Waals surface area contributed by atoms with Crippen molar-refractivity contribution in [1.29, 1.82) is 0 Å². The number of benzene rings is 2. The molecular weight excluding hydrogens is 269 g/mol. The van der Waals surface area contributed by atoms with Gasteiger partial charge in [-0.05, 0) is 42.8 Å². The van der Waals surface area contributed by atoms with E-state index >= 15 is 0 Å². The largest absolute Gasteiger partial charge is 0.316 e. The summed E-state index contributed by atoms with van der Waals surface area (Å²) in [4.78, 5) is 1.39. The third-order valence-corrected chi connectivity index (χ3v) is 5.15. The van der Waals surface area contributed by atoms with Crippen LogP contribution in [0, 0.1) is 5.82 Å². The Balaban J connectivity index is 1.81. The molecule has 0 fully saturated rings. The van der Waals surface area contributed by atoms with Crippen molar-refractivity contribution < 1.29 is 4.39 Å². The van der Waals surface area contributed by atoms with Crippen LogP contribution in [0.25, 0.3) is 0 Å². The van der Waals surface area contributed by atoms with Crippen LogP contribution in [0.15, 0.2) is 53.4 Å². The smallest absolute Gasteiger partial charge is 0.123 e. The molecule has 0 aliphatic carbocycles. The maximum absolute atomic E-state index is 13.3. The first-order valence-corrected chi connectivity index (χ1v) is 7.90. The topological polar surface area (TPSA) is 12.0 Å². The van der Waals surface area contributed by atoms with Gasteiger partial charge < -0.3 is 5.32 Å². The Kier molecular flexibility index (Phi) is 4.08. The first-order valence-electron chi connectivity index (χ1n) is 6.91. The van der Waals surface area contributed by atoms with Gasteiger partial charge >= 0.3 is 0 Å². The quantitative estimate of drug-likeness (QED) is 0.917. The summed E-state index contributed by atoms with van der Waals surface area (Å²) in [5.41, 5.74) is 2.48. The summed E-state index contributed by atoms with van der Waals surface area (Å²) in [5.74, 6) is 1.43. The second-order valence-corrected chi connectivity index (χ2v) is 6.25. The number of likely N-dealkylation sites (N-methyl/N-ethyl adjacent to an activating group) is 1. The Morgan fingerprint density at radius 3 is 2.90 bits per heavy atom. The molecule has 1 aliphatic heterocycles. The highest BCUT2D eigenvalue weighted by molar-refractivity contribution is 7.99. The first kappa shape index (κ1) is 13.7. The number of nitrogens with one attached hydrogen (secondary N) is 1. The van der Waals surface area contributed by atoms with Crippen molar-refractivity contribution in [3.8, 4) is 0 Å². The van der Waals surface area contributed by atoms with E-state index in [0.29, 0.717) is 12.0 Å². The Bertz CT molecular complexity index is 599. The molecule has 2 aromatic rings. The number of hydrogen-bond donors (Lipinski definition) is 1. The highest BCUT2D eigenvalue weighted by Crippen LogP contribution is 2.41. The van der Waals surface area contributed by atoms with Crippen LogP contribution >= 0.6 is 11.8 Å². The summed E-state index contributed by atoms with van der Waals surface area (Å²) in [6.45, 7) is 0. The molecule has 3 heteroatoms. The summed E-state index contributed by atoms with van der Waals surface area (Å²) in [6, 6.07) is 15.9. The molecule has 0 radical (unpaired) electrons.